The molecule has 0 unspecified atom stereocenters. The Morgan fingerprint density at radius 2 is 1.84 bits per heavy atom. The van der Waals surface area contributed by atoms with Crippen molar-refractivity contribution in [3.8, 4) is 11.5 Å². The van der Waals surface area contributed by atoms with E-state index in [0.717, 1.165) is 5.69 Å². The minimum Gasteiger partial charge on any atom is -0.454 e. The Labute approximate surface area is 186 Å². The number of hydrogen-bond acceptors (Lipinski definition) is 9. The van der Waals surface area contributed by atoms with Gasteiger partial charge in [-0.05, 0) is 49.2 Å². The molecule has 1 aromatic heterocycles. The van der Waals surface area contributed by atoms with Crippen molar-refractivity contribution in [2.75, 3.05) is 23.2 Å². The summed E-state index contributed by atoms with van der Waals surface area (Å²) < 4.78 is 11.1. The van der Waals surface area contributed by atoms with E-state index in [1.54, 1.807) is 18.2 Å². The summed E-state index contributed by atoms with van der Waals surface area (Å²) in [7, 11) is 0. The maximum absolute atomic E-state index is 12.1. The minimum atomic E-state index is -0.626. The standard InChI is InChI=1S/C20H19N5O4S2/c1-11-3-4-13(7-12(11)2)22-19-24-25-20(31-19)30-9-17(26)23-18(27)21-14-5-6-15-16(8-14)29-10-28-15/h3-8H,9-10H2,1-2H3,(H,22,24)(H2,21,23,26,27). The molecule has 3 amide bonds. The second-order valence-electron chi connectivity index (χ2n) is 6.66. The number of amides is 3. The molecule has 2 heterocycles. The number of benzene rings is 2. The highest BCUT2D eigenvalue weighted by atomic mass is 32.2. The van der Waals surface area contributed by atoms with Crippen LogP contribution in [0.25, 0.3) is 0 Å². The van der Waals surface area contributed by atoms with Crippen molar-refractivity contribution in [1.82, 2.24) is 15.5 Å². The Bertz CT molecular complexity index is 1130. The van der Waals surface area contributed by atoms with Crippen LogP contribution in [-0.2, 0) is 4.79 Å². The summed E-state index contributed by atoms with van der Waals surface area (Å²) in [5.41, 5.74) is 3.81. The lowest BCUT2D eigenvalue weighted by Crippen LogP contribution is -2.35. The smallest absolute Gasteiger partial charge is 0.325 e. The predicted molar refractivity (Wildman–Crippen MR) is 120 cm³/mol. The highest BCUT2D eigenvalue weighted by Crippen LogP contribution is 2.34. The molecule has 3 N–H and O–H groups in total. The lowest BCUT2D eigenvalue weighted by Gasteiger charge is -2.07. The number of aryl methyl sites for hydroxylation is 2. The fourth-order valence-corrected chi connectivity index (χ4v) is 4.26. The van der Waals surface area contributed by atoms with Gasteiger partial charge in [0.25, 0.3) is 0 Å². The van der Waals surface area contributed by atoms with Crippen LogP contribution >= 0.6 is 23.1 Å². The summed E-state index contributed by atoms with van der Waals surface area (Å²) in [4.78, 5) is 24.1. The van der Waals surface area contributed by atoms with Crippen LogP contribution < -0.4 is 25.4 Å². The van der Waals surface area contributed by atoms with E-state index < -0.39 is 11.9 Å². The molecule has 0 fully saturated rings. The van der Waals surface area contributed by atoms with Crippen LogP contribution in [0.2, 0.25) is 0 Å². The van der Waals surface area contributed by atoms with Crippen molar-refractivity contribution in [3.63, 3.8) is 0 Å². The van der Waals surface area contributed by atoms with Gasteiger partial charge in [0.2, 0.25) is 17.8 Å². The van der Waals surface area contributed by atoms with E-state index in [2.05, 4.69) is 33.1 Å². The van der Waals surface area contributed by atoms with E-state index in [1.165, 1.54) is 34.2 Å². The Morgan fingerprint density at radius 1 is 1.03 bits per heavy atom. The molecule has 9 nitrogen and oxygen atoms in total. The summed E-state index contributed by atoms with van der Waals surface area (Å²) in [5.74, 6) is 0.748. The number of imide groups is 1. The van der Waals surface area contributed by atoms with Gasteiger partial charge in [-0.1, -0.05) is 29.2 Å². The van der Waals surface area contributed by atoms with Crippen LogP contribution in [-0.4, -0.2) is 34.7 Å². The first-order valence-electron chi connectivity index (χ1n) is 9.27. The van der Waals surface area contributed by atoms with Crippen LogP contribution in [0.5, 0.6) is 11.5 Å². The van der Waals surface area contributed by atoms with Crippen LogP contribution in [0.3, 0.4) is 0 Å². The molecule has 160 valence electrons. The van der Waals surface area contributed by atoms with Gasteiger partial charge in [0, 0.05) is 17.4 Å². The third-order valence-electron chi connectivity index (χ3n) is 4.37. The number of nitrogens with zero attached hydrogens (tertiary/aromatic N) is 2. The molecule has 0 spiro atoms. The SMILES string of the molecule is Cc1ccc(Nc2nnc(SCC(=O)NC(=O)Nc3ccc4c(c3)OCO4)s2)cc1C. The first-order valence-corrected chi connectivity index (χ1v) is 11.1. The maximum atomic E-state index is 12.1. The summed E-state index contributed by atoms with van der Waals surface area (Å²) in [6.07, 6.45) is 0. The van der Waals surface area contributed by atoms with Gasteiger partial charge in [-0.3, -0.25) is 10.1 Å². The van der Waals surface area contributed by atoms with Crippen molar-refractivity contribution in [2.24, 2.45) is 0 Å². The zero-order valence-corrected chi connectivity index (χ0v) is 18.4. The van der Waals surface area contributed by atoms with E-state index in [0.29, 0.717) is 26.7 Å². The average molecular weight is 458 g/mol. The zero-order valence-electron chi connectivity index (χ0n) is 16.7. The second kappa shape index (κ2) is 9.23. The third kappa shape index (κ3) is 5.44. The third-order valence-corrected chi connectivity index (χ3v) is 6.35. The first-order chi connectivity index (χ1) is 15.0. The number of carbonyl (C=O) groups is 2. The summed E-state index contributed by atoms with van der Waals surface area (Å²) in [6.45, 7) is 4.25. The molecule has 0 bridgehead atoms. The van der Waals surface area contributed by atoms with Crippen molar-refractivity contribution in [1.29, 1.82) is 0 Å². The minimum absolute atomic E-state index is 0.0346. The van der Waals surface area contributed by atoms with Crippen molar-refractivity contribution >= 4 is 51.5 Å². The number of rotatable bonds is 6. The normalized spacial score (nSPS) is 11.8. The number of fused-ring (bicyclic) bond motifs is 1. The number of aromatic nitrogens is 2. The molecule has 4 rings (SSSR count). The van der Waals surface area contributed by atoms with E-state index in [-0.39, 0.29) is 12.5 Å². The first kappa shape index (κ1) is 20.9. The van der Waals surface area contributed by atoms with Crippen LogP contribution in [0.1, 0.15) is 11.1 Å². The van der Waals surface area contributed by atoms with Crippen molar-refractivity contribution < 1.29 is 19.1 Å². The number of thioether (sulfide) groups is 1. The van der Waals surface area contributed by atoms with Gasteiger partial charge in [0.1, 0.15) is 0 Å². The number of carbonyl (C=O) groups excluding carboxylic acids is 2. The molecular formula is C20H19N5O4S2. The van der Waals surface area contributed by atoms with E-state index in [4.69, 9.17) is 9.47 Å². The van der Waals surface area contributed by atoms with Gasteiger partial charge < -0.3 is 20.1 Å². The molecule has 0 atom stereocenters. The average Bonchev–Trinajstić information content (AvgIpc) is 3.38. The molecular weight excluding hydrogens is 438 g/mol. The van der Waals surface area contributed by atoms with Crippen molar-refractivity contribution in [2.45, 2.75) is 18.2 Å². The molecule has 2 aromatic carbocycles. The largest absolute Gasteiger partial charge is 0.454 e. The predicted octanol–water partition coefficient (Wildman–Crippen LogP) is 4.07. The van der Waals surface area contributed by atoms with Crippen molar-refractivity contribution in [3.05, 3.63) is 47.5 Å². The van der Waals surface area contributed by atoms with E-state index in [1.807, 2.05) is 25.1 Å². The topological polar surface area (TPSA) is 114 Å². The molecule has 31 heavy (non-hydrogen) atoms. The highest BCUT2D eigenvalue weighted by Gasteiger charge is 2.15. The molecule has 0 radical (unpaired) electrons. The number of urea groups is 1. The van der Waals surface area contributed by atoms with Gasteiger partial charge >= 0.3 is 6.03 Å². The number of anilines is 3. The van der Waals surface area contributed by atoms with Crippen LogP contribution in [0, 0.1) is 13.8 Å². The van der Waals surface area contributed by atoms with Gasteiger partial charge in [-0.2, -0.15) is 0 Å². The molecule has 0 aliphatic carbocycles. The fraction of sp³-hybridized carbons (Fsp3) is 0.200. The second-order valence-corrected chi connectivity index (χ2v) is 8.86. The van der Waals surface area contributed by atoms with Gasteiger partial charge in [-0.15, -0.1) is 10.2 Å². The Balaban J connectivity index is 1.24. The Hall–Kier alpha value is -3.31. The van der Waals surface area contributed by atoms with Crippen LogP contribution in [0.15, 0.2) is 40.7 Å². The molecule has 1 aliphatic rings. The monoisotopic (exact) mass is 457 g/mol. The lowest BCUT2D eigenvalue weighted by molar-refractivity contribution is -0.117. The quantitative estimate of drug-likeness (QED) is 0.475. The lowest BCUT2D eigenvalue weighted by atomic mass is 10.1. The number of hydrogen-bond donors (Lipinski definition) is 3. The summed E-state index contributed by atoms with van der Waals surface area (Å²) in [5, 5.41) is 16.9. The summed E-state index contributed by atoms with van der Waals surface area (Å²) in [6, 6.07) is 10.4. The van der Waals surface area contributed by atoms with Crippen LogP contribution in [0.4, 0.5) is 21.3 Å². The molecule has 0 saturated heterocycles. The zero-order chi connectivity index (χ0) is 21.8. The number of ether oxygens (including phenoxy) is 2. The molecule has 1 aliphatic heterocycles. The highest BCUT2D eigenvalue weighted by molar-refractivity contribution is 8.01. The Kier molecular flexibility index (Phi) is 6.23. The molecule has 11 heteroatoms. The van der Waals surface area contributed by atoms with E-state index in [9.17, 15) is 9.59 Å². The van der Waals surface area contributed by atoms with E-state index >= 15 is 0 Å². The molecule has 3 aromatic rings. The maximum Gasteiger partial charge on any atom is 0.325 e. The number of nitrogens with one attached hydrogen (secondary N) is 3. The fourth-order valence-electron chi connectivity index (χ4n) is 2.69. The van der Waals surface area contributed by atoms with Gasteiger partial charge in [0.15, 0.2) is 15.8 Å². The van der Waals surface area contributed by atoms with Gasteiger partial charge in [-0.25, -0.2) is 4.79 Å². The Morgan fingerprint density at radius 3 is 2.68 bits per heavy atom. The summed E-state index contributed by atoms with van der Waals surface area (Å²) >= 11 is 2.54. The molecule has 0 saturated carbocycles. The van der Waals surface area contributed by atoms with Gasteiger partial charge in [0.05, 0.1) is 5.75 Å².